The zero-order valence-corrected chi connectivity index (χ0v) is 10.1. The molecule has 2 atom stereocenters. The Bertz CT molecular complexity index is 471. The van der Waals surface area contributed by atoms with Crippen LogP contribution in [0.3, 0.4) is 0 Å². The molecule has 1 aliphatic heterocycles. The van der Waals surface area contributed by atoms with Gasteiger partial charge in [-0.1, -0.05) is 6.92 Å². The number of hydrogen-bond acceptors (Lipinski definition) is 3. The standard InChI is InChI=1S/C13H16FNO2/c1-7-11-8(6-16)4-9(14)5-10(11)15-13(2,3)12(7)17/h4-7,12,15,17H,1-3H3/t7-,12+/m0/s1. The molecule has 1 heterocycles. The second-order valence-electron chi connectivity index (χ2n) is 5.15. The summed E-state index contributed by atoms with van der Waals surface area (Å²) in [5, 5.41) is 13.3. The second kappa shape index (κ2) is 3.81. The fourth-order valence-corrected chi connectivity index (χ4v) is 2.55. The summed E-state index contributed by atoms with van der Waals surface area (Å²) in [7, 11) is 0. The molecule has 0 unspecified atom stereocenters. The van der Waals surface area contributed by atoms with Gasteiger partial charge in [-0.25, -0.2) is 4.39 Å². The molecule has 1 aromatic carbocycles. The molecule has 2 N–H and O–H groups in total. The van der Waals surface area contributed by atoms with Crippen molar-refractivity contribution in [1.82, 2.24) is 0 Å². The molecule has 92 valence electrons. The zero-order chi connectivity index (χ0) is 12.8. The van der Waals surface area contributed by atoms with Crippen LogP contribution in [0.5, 0.6) is 0 Å². The molecule has 0 amide bonds. The molecule has 0 saturated heterocycles. The number of benzene rings is 1. The van der Waals surface area contributed by atoms with Gasteiger partial charge in [0.15, 0.2) is 6.29 Å². The molecule has 0 bridgehead atoms. The van der Waals surface area contributed by atoms with Crippen LogP contribution in [0.25, 0.3) is 0 Å². The third-order valence-electron chi connectivity index (χ3n) is 3.43. The summed E-state index contributed by atoms with van der Waals surface area (Å²) in [6.45, 7) is 5.54. The summed E-state index contributed by atoms with van der Waals surface area (Å²) in [6.07, 6.45) is 0.00432. The fraction of sp³-hybridized carbons (Fsp3) is 0.462. The molecule has 0 radical (unpaired) electrons. The lowest BCUT2D eigenvalue weighted by Gasteiger charge is -2.42. The minimum absolute atomic E-state index is 0.206. The van der Waals surface area contributed by atoms with E-state index >= 15 is 0 Å². The van der Waals surface area contributed by atoms with Gasteiger partial charge in [0.05, 0.1) is 11.6 Å². The van der Waals surface area contributed by atoms with Gasteiger partial charge in [-0.15, -0.1) is 0 Å². The Hall–Kier alpha value is -1.42. The van der Waals surface area contributed by atoms with Crippen molar-refractivity contribution < 1.29 is 14.3 Å². The quantitative estimate of drug-likeness (QED) is 0.737. The summed E-state index contributed by atoms with van der Waals surface area (Å²) >= 11 is 0. The molecule has 2 rings (SSSR count). The minimum Gasteiger partial charge on any atom is -0.390 e. The summed E-state index contributed by atoms with van der Waals surface area (Å²) in [5.74, 6) is -0.653. The largest absolute Gasteiger partial charge is 0.390 e. The molecular weight excluding hydrogens is 221 g/mol. The van der Waals surface area contributed by atoms with E-state index in [1.165, 1.54) is 12.1 Å². The van der Waals surface area contributed by atoms with Crippen LogP contribution in [-0.2, 0) is 0 Å². The van der Waals surface area contributed by atoms with Crippen LogP contribution in [0.1, 0.15) is 42.6 Å². The van der Waals surface area contributed by atoms with Gasteiger partial charge in [0.2, 0.25) is 0 Å². The van der Waals surface area contributed by atoms with E-state index < -0.39 is 17.5 Å². The van der Waals surface area contributed by atoms with Crippen molar-refractivity contribution in [2.24, 2.45) is 0 Å². The number of aliphatic hydroxyl groups excluding tert-OH is 1. The molecule has 17 heavy (non-hydrogen) atoms. The normalized spacial score (nSPS) is 25.9. The van der Waals surface area contributed by atoms with Crippen molar-refractivity contribution in [3.63, 3.8) is 0 Å². The number of nitrogens with one attached hydrogen (secondary N) is 1. The number of hydrogen-bond donors (Lipinski definition) is 2. The molecule has 0 aliphatic carbocycles. The highest BCUT2D eigenvalue weighted by atomic mass is 19.1. The highest BCUT2D eigenvalue weighted by Gasteiger charge is 2.39. The van der Waals surface area contributed by atoms with Gasteiger partial charge >= 0.3 is 0 Å². The number of carbonyl (C=O) groups is 1. The van der Waals surface area contributed by atoms with Crippen LogP contribution in [0.2, 0.25) is 0 Å². The van der Waals surface area contributed by atoms with Gasteiger partial charge in [-0.2, -0.15) is 0 Å². The van der Waals surface area contributed by atoms with Crippen molar-refractivity contribution >= 4 is 12.0 Å². The molecule has 4 heteroatoms. The van der Waals surface area contributed by atoms with Crippen LogP contribution < -0.4 is 5.32 Å². The van der Waals surface area contributed by atoms with Crippen molar-refractivity contribution in [2.75, 3.05) is 5.32 Å². The Kier molecular flexibility index (Phi) is 2.70. The number of carbonyl (C=O) groups excluding carboxylic acids is 1. The predicted molar refractivity (Wildman–Crippen MR) is 63.9 cm³/mol. The average Bonchev–Trinajstić information content (AvgIpc) is 2.24. The molecule has 1 aliphatic rings. The molecule has 3 nitrogen and oxygen atoms in total. The minimum atomic E-state index is -0.626. The lowest BCUT2D eigenvalue weighted by atomic mass is 9.77. The van der Waals surface area contributed by atoms with Crippen LogP contribution >= 0.6 is 0 Å². The lowest BCUT2D eigenvalue weighted by Crippen LogP contribution is -2.50. The Balaban J connectivity index is 2.64. The van der Waals surface area contributed by atoms with Crippen molar-refractivity contribution in [2.45, 2.75) is 38.3 Å². The summed E-state index contributed by atoms with van der Waals surface area (Å²) in [4.78, 5) is 11.0. The number of anilines is 1. The number of fused-ring (bicyclic) bond motifs is 1. The van der Waals surface area contributed by atoms with Gasteiger partial charge in [0, 0.05) is 17.2 Å². The smallest absolute Gasteiger partial charge is 0.150 e. The number of halogens is 1. The summed E-state index contributed by atoms with van der Waals surface area (Å²) < 4.78 is 13.4. The Morgan fingerprint density at radius 1 is 1.47 bits per heavy atom. The molecule has 1 aromatic rings. The van der Waals surface area contributed by atoms with E-state index in [2.05, 4.69) is 5.32 Å². The maximum absolute atomic E-state index is 13.4. The monoisotopic (exact) mass is 237 g/mol. The Morgan fingerprint density at radius 2 is 2.12 bits per heavy atom. The van der Waals surface area contributed by atoms with E-state index in [9.17, 15) is 14.3 Å². The third-order valence-corrected chi connectivity index (χ3v) is 3.43. The van der Waals surface area contributed by atoms with E-state index in [-0.39, 0.29) is 5.92 Å². The van der Waals surface area contributed by atoms with E-state index in [1.54, 1.807) is 0 Å². The fourth-order valence-electron chi connectivity index (χ4n) is 2.55. The molecule has 0 fully saturated rings. The summed E-state index contributed by atoms with van der Waals surface area (Å²) in [5.41, 5.74) is 1.04. The van der Waals surface area contributed by atoms with E-state index in [1.807, 2.05) is 20.8 Å². The third kappa shape index (κ3) is 1.82. The van der Waals surface area contributed by atoms with Crippen LogP contribution in [0, 0.1) is 5.82 Å². The SMILES string of the molecule is C[C@H]1c2c(C=O)cc(F)cc2NC(C)(C)[C@@H]1O. The van der Waals surface area contributed by atoms with E-state index in [0.29, 0.717) is 23.1 Å². The van der Waals surface area contributed by atoms with Gasteiger partial charge in [0.1, 0.15) is 5.82 Å². The Morgan fingerprint density at radius 3 is 2.71 bits per heavy atom. The van der Waals surface area contributed by atoms with Crippen molar-refractivity contribution in [3.05, 3.63) is 29.1 Å². The first kappa shape index (κ1) is 12.0. The lowest BCUT2D eigenvalue weighted by molar-refractivity contribution is 0.0862. The number of aliphatic hydroxyl groups is 1. The van der Waals surface area contributed by atoms with Crippen LogP contribution in [-0.4, -0.2) is 23.0 Å². The van der Waals surface area contributed by atoms with Crippen molar-refractivity contribution in [3.8, 4) is 0 Å². The van der Waals surface area contributed by atoms with Gasteiger partial charge < -0.3 is 10.4 Å². The van der Waals surface area contributed by atoms with Crippen molar-refractivity contribution in [1.29, 1.82) is 0 Å². The first-order chi connectivity index (χ1) is 7.86. The first-order valence-electron chi connectivity index (χ1n) is 5.61. The van der Waals surface area contributed by atoms with E-state index in [4.69, 9.17) is 0 Å². The first-order valence-corrected chi connectivity index (χ1v) is 5.61. The maximum Gasteiger partial charge on any atom is 0.150 e. The highest BCUT2D eigenvalue weighted by molar-refractivity contribution is 5.82. The molecule has 0 spiro atoms. The number of rotatable bonds is 1. The highest BCUT2D eigenvalue weighted by Crippen LogP contribution is 2.40. The van der Waals surface area contributed by atoms with Gasteiger partial charge in [-0.05, 0) is 31.5 Å². The molecule has 0 saturated carbocycles. The van der Waals surface area contributed by atoms with Crippen LogP contribution in [0.15, 0.2) is 12.1 Å². The molecular formula is C13H16FNO2. The van der Waals surface area contributed by atoms with Gasteiger partial charge in [0.25, 0.3) is 0 Å². The average molecular weight is 237 g/mol. The number of aldehydes is 1. The predicted octanol–water partition coefficient (Wildman–Crippen LogP) is 2.31. The molecule has 0 aromatic heterocycles. The van der Waals surface area contributed by atoms with Crippen LogP contribution in [0.4, 0.5) is 10.1 Å². The summed E-state index contributed by atoms with van der Waals surface area (Å²) in [6, 6.07) is 2.57. The van der Waals surface area contributed by atoms with E-state index in [0.717, 1.165) is 0 Å². The maximum atomic E-state index is 13.4. The Labute approximate surface area is 99.7 Å². The van der Waals surface area contributed by atoms with Gasteiger partial charge in [-0.3, -0.25) is 4.79 Å². The second-order valence-corrected chi connectivity index (χ2v) is 5.15. The topological polar surface area (TPSA) is 49.3 Å². The zero-order valence-electron chi connectivity index (χ0n) is 10.1.